The number of aliphatic hydroxyl groups is 1. The summed E-state index contributed by atoms with van der Waals surface area (Å²) in [6.45, 7) is 7.63. The first kappa shape index (κ1) is 16.2. The van der Waals surface area contributed by atoms with E-state index in [2.05, 4.69) is 24.5 Å². The third-order valence-corrected chi connectivity index (χ3v) is 3.31. The summed E-state index contributed by atoms with van der Waals surface area (Å²) in [5.74, 6) is 0.498. The summed E-state index contributed by atoms with van der Waals surface area (Å²) in [4.78, 5) is 11.7. The van der Waals surface area contributed by atoms with Gasteiger partial charge in [0.15, 0.2) is 0 Å². The van der Waals surface area contributed by atoms with Gasteiger partial charge in [-0.25, -0.2) is 4.79 Å². The molecule has 1 rings (SSSR count). The molecule has 1 aliphatic carbocycles. The smallest absolute Gasteiger partial charge is 0.315 e. The molecule has 0 saturated heterocycles. The molecule has 5 heteroatoms. The molecule has 1 unspecified atom stereocenters. The van der Waals surface area contributed by atoms with Crippen molar-refractivity contribution >= 4 is 6.03 Å². The van der Waals surface area contributed by atoms with E-state index in [0.29, 0.717) is 25.7 Å². The number of rotatable bonds is 7. The molecule has 0 bridgehead atoms. The number of ether oxygens (including phenoxy) is 1. The Morgan fingerprint density at radius 1 is 1.26 bits per heavy atom. The van der Waals surface area contributed by atoms with E-state index in [9.17, 15) is 9.90 Å². The molecular weight excluding hydrogens is 244 g/mol. The Morgan fingerprint density at radius 3 is 2.47 bits per heavy atom. The zero-order valence-electron chi connectivity index (χ0n) is 12.4. The molecule has 0 aromatic heterocycles. The molecule has 0 aliphatic heterocycles. The van der Waals surface area contributed by atoms with Crippen LogP contribution in [0.25, 0.3) is 0 Å². The highest BCUT2D eigenvalue weighted by Gasteiger charge is 2.31. The van der Waals surface area contributed by atoms with Crippen LogP contribution in [0.15, 0.2) is 0 Å². The van der Waals surface area contributed by atoms with Crippen LogP contribution >= 0.6 is 0 Å². The van der Waals surface area contributed by atoms with Crippen LogP contribution in [0.2, 0.25) is 0 Å². The van der Waals surface area contributed by atoms with Gasteiger partial charge in [0.1, 0.15) is 0 Å². The Labute approximate surface area is 116 Å². The van der Waals surface area contributed by atoms with Crippen LogP contribution in [0.3, 0.4) is 0 Å². The molecule has 0 aromatic carbocycles. The topological polar surface area (TPSA) is 70.6 Å². The molecule has 3 N–H and O–H groups in total. The van der Waals surface area contributed by atoms with Crippen LogP contribution in [0.1, 0.15) is 46.5 Å². The quantitative estimate of drug-likeness (QED) is 0.660. The van der Waals surface area contributed by atoms with E-state index in [4.69, 9.17) is 4.74 Å². The number of carbonyl (C=O) groups excluding carboxylic acids is 1. The first-order valence-electron chi connectivity index (χ1n) is 7.26. The summed E-state index contributed by atoms with van der Waals surface area (Å²) in [7, 11) is 0. The fourth-order valence-electron chi connectivity index (χ4n) is 2.25. The maximum absolute atomic E-state index is 11.7. The number of nitrogens with one attached hydrogen (secondary N) is 2. The van der Waals surface area contributed by atoms with E-state index in [0.717, 1.165) is 25.7 Å². The molecule has 0 aromatic rings. The second-order valence-electron chi connectivity index (χ2n) is 6.09. The van der Waals surface area contributed by atoms with Crippen molar-refractivity contribution in [2.45, 2.75) is 58.1 Å². The van der Waals surface area contributed by atoms with Gasteiger partial charge in [0.05, 0.1) is 18.2 Å². The zero-order valence-corrected chi connectivity index (χ0v) is 12.4. The van der Waals surface area contributed by atoms with Crippen LogP contribution < -0.4 is 10.6 Å². The first-order chi connectivity index (χ1) is 8.91. The van der Waals surface area contributed by atoms with Gasteiger partial charge in [0.2, 0.25) is 0 Å². The van der Waals surface area contributed by atoms with E-state index in [1.807, 2.05) is 6.92 Å². The predicted molar refractivity (Wildman–Crippen MR) is 75.1 cm³/mol. The van der Waals surface area contributed by atoms with E-state index in [-0.39, 0.29) is 12.1 Å². The minimum Gasteiger partial charge on any atom is -0.388 e. The van der Waals surface area contributed by atoms with Crippen molar-refractivity contribution < 1.29 is 14.6 Å². The van der Waals surface area contributed by atoms with Gasteiger partial charge < -0.3 is 20.5 Å². The maximum atomic E-state index is 11.7. The molecule has 5 nitrogen and oxygen atoms in total. The average Bonchev–Trinajstić information content (AvgIpc) is 2.74. The Kier molecular flexibility index (Phi) is 6.58. The van der Waals surface area contributed by atoms with Crippen molar-refractivity contribution in [1.29, 1.82) is 0 Å². The highest BCUT2D eigenvalue weighted by Crippen LogP contribution is 2.28. The molecule has 19 heavy (non-hydrogen) atoms. The van der Waals surface area contributed by atoms with Gasteiger partial charge in [-0.3, -0.25) is 0 Å². The van der Waals surface area contributed by atoms with E-state index in [1.54, 1.807) is 0 Å². The van der Waals surface area contributed by atoms with Gasteiger partial charge in [-0.2, -0.15) is 0 Å². The molecule has 1 saturated carbocycles. The van der Waals surface area contributed by atoms with Crippen molar-refractivity contribution in [3.05, 3.63) is 0 Å². The van der Waals surface area contributed by atoms with E-state index in [1.165, 1.54) is 0 Å². The van der Waals surface area contributed by atoms with E-state index >= 15 is 0 Å². The largest absolute Gasteiger partial charge is 0.388 e. The lowest BCUT2D eigenvalue weighted by atomic mass is 10.0. The number of carbonyl (C=O) groups is 1. The summed E-state index contributed by atoms with van der Waals surface area (Å²) in [5.41, 5.74) is -0.700. The lowest BCUT2D eigenvalue weighted by molar-refractivity contribution is 0.0496. The lowest BCUT2D eigenvalue weighted by Gasteiger charge is -2.23. The molecule has 0 radical (unpaired) electrons. The summed E-state index contributed by atoms with van der Waals surface area (Å²) in [6.07, 6.45) is 3.64. The molecule has 0 heterocycles. The third-order valence-electron chi connectivity index (χ3n) is 3.31. The zero-order chi connectivity index (χ0) is 14.3. The summed E-state index contributed by atoms with van der Waals surface area (Å²) < 4.78 is 5.46. The minimum atomic E-state index is -0.700. The van der Waals surface area contributed by atoms with Gasteiger partial charge in [-0.05, 0) is 25.7 Å². The fraction of sp³-hybridized carbons (Fsp3) is 0.929. The van der Waals surface area contributed by atoms with Crippen molar-refractivity contribution in [2.24, 2.45) is 5.92 Å². The summed E-state index contributed by atoms with van der Waals surface area (Å²) >= 11 is 0. The van der Waals surface area contributed by atoms with Crippen LogP contribution in [0, 0.1) is 5.92 Å². The summed E-state index contributed by atoms with van der Waals surface area (Å²) in [5, 5.41) is 15.7. The molecule has 112 valence electrons. The lowest BCUT2D eigenvalue weighted by Crippen LogP contribution is -2.48. The molecule has 1 atom stereocenters. The summed E-state index contributed by atoms with van der Waals surface area (Å²) in [6, 6.07) is -0.266. The molecular formula is C14H28N2O3. The fourth-order valence-corrected chi connectivity index (χ4v) is 2.25. The van der Waals surface area contributed by atoms with Crippen molar-refractivity contribution in [1.82, 2.24) is 10.6 Å². The van der Waals surface area contributed by atoms with Crippen LogP contribution in [0.4, 0.5) is 4.79 Å². The van der Waals surface area contributed by atoms with Crippen LogP contribution in [-0.2, 0) is 4.74 Å². The predicted octanol–water partition coefficient (Wildman–Crippen LogP) is 1.65. The second-order valence-corrected chi connectivity index (χ2v) is 6.09. The molecule has 2 amide bonds. The SMILES string of the molecule is CC(C)COCC(C)NC(=O)NCC1(O)CCCC1. The number of urea groups is 1. The number of hydrogen-bond acceptors (Lipinski definition) is 3. The number of amides is 2. The Bertz CT molecular complexity index is 276. The Hall–Kier alpha value is -0.810. The standard InChI is InChI=1S/C14H28N2O3/c1-11(2)8-19-9-12(3)16-13(17)15-10-14(18)6-4-5-7-14/h11-12,18H,4-10H2,1-3H3,(H2,15,16,17). The molecule has 1 fully saturated rings. The second kappa shape index (κ2) is 7.70. The number of hydrogen-bond donors (Lipinski definition) is 3. The monoisotopic (exact) mass is 272 g/mol. The molecule has 0 spiro atoms. The van der Waals surface area contributed by atoms with Crippen molar-refractivity contribution in [3.63, 3.8) is 0 Å². The molecule has 1 aliphatic rings. The third kappa shape index (κ3) is 6.78. The highest BCUT2D eigenvalue weighted by molar-refractivity contribution is 5.74. The Balaban J connectivity index is 2.12. The first-order valence-corrected chi connectivity index (χ1v) is 7.26. The van der Waals surface area contributed by atoms with E-state index < -0.39 is 5.60 Å². The van der Waals surface area contributed by atoms with Gasteiger partial charge in [-0.1, -0.05) is 26.7 Å². The van der Waals surface area contributed by atoms with Crippen LogP contribution in [-0.4, -0.2) is 42.5 Å². The van der Waals surface area contributed by atoms with Crippen molar-refractivity contribution in [2.75, 3.05) is 19.8 Å². The van der Waals surface area contributed by atoms with Crippen LogP contribution in [0.5, 0.6) is 0 Å². The normalized spacial score (nSPS) is 19.4. The van der Waals surface area contributed by atoms with Gasteiger partial charge in [0, 0.05) is 13.2 Å². The highest BCUT2D eigenvalue weighted by atomic mass is 16.5. The minimum absolute atomic E-state index is 0.0306. The van der Waals surface area contributed by atoms with Crippen molar-refractivity contribution in [3.8, 4) is 0 Å². The van der Waals surface area contributed by atoms with Gasteiger partial charge in [0.25, 0.3) is 0 Å². The Morgan fingerprint density at radius 2 is 1.89 bits per heavy atom. The average molecular weight is 272 g/mol. The van der Waals surface area contributed by atoms with Gasteiger partial charge in [-0.15, -0.1) is 0 Å². The van der Waals surface area contributed by atoms with Gasteiger partial charge >= 0.3 is 6.03 Å². The maximum Gasteiger partial charge on any atom is 0.315 e.